The average Bonchev–Trinajstić information content (AvgIpc) is 2.85. The molecule has 190 valence electrons. The summed E-state index contributed by atoms with van der Waals surface area (Å²) >= 11 is 0. The van der Waals surface area contributed by atoms with Gasteiger partial charge in [0.05, 0.1) is 26.4 Å². The maximum Gasteiger partial charge on any atom is 0.333 e. The molecule has 0 saturated carbocycles. The van der Waals surface area contributed by atoms with E-state index in [2.05, 4.69) is 39.1 Å². The predicted molar refractivity (Wildman–Crippen MR) is 140 cm³/mol. The van der Waals surface area contributed by atoms with Gasteiger partial charge in [0.15, 0.2) is 0 Å². The Bertz CT molecular complexity index is 833. The van der Waals surface area contributed by atoms with E-state index in [0.717, 1.165) is 53.7 Å². The van der Waals surface area contributed by atoms with E-state index in [0.29, 0.717) is 38.0 Å². The van der Waals surface area contributed by atoms with Crippen molar-refractivity contribution in [2.75, 3.05) is 26.4 Å². The minimum atomic E-state index is -0.524. The molecule has 0 atom stereocenters. The van der Waals surface area contributed by atoms with E-state index < -0.39 is 5.41 Å². The van der Waals surface area contributed by atoms with Crippen LogP contribution in [0.1, 0.15) is 77.3 Å². The predicted octanol–water partition coefficient (Wildman–Crippen LogP) is 6.04. The molecule has 0 aliphatic heterocycles. The molecule has 2 N–H and O–H groups in total. The molecular formula is C29H44O5. The van der Waals surface area contributed by atoms with Crippen LogP contribution < -0.4 is 4.74 Å². The molecule has 0 fully saturated rings. The van der Waals surface area contributed by atoms with Gasteiger partial charge in [0.2, 0.25) is 0 Å². The van der Waals surface area contributed by atoms with Gasteiger partial charge in [0.25, 0.3) is 0 Å². The lowest BCUT2D eigenvalue weighted by atomic mass is 9.81. The third kappa shape index (κ3) is 9.11. The van der Waals surface area contributed by atoms with Crippen molar-refractivity contribution in [1.29, 1.82) is 0 Å². The van der Waals surface area contributed by atoms with Crippen LogP contribution in [0.15, 0.2) is 48.6 Å². The van der Waals surface area contributed by atoms with Gasteiger partial charge in [-0.25, -0.2) is 4.79 Å². The van der Waals surface area contributed by atoms with Gasteiger partial charge in [-0.2, -0.15) is 0 Å². The Morgan fingerprint density at radius 1 is 1.09 bits per heavy atom. The van der Waals surface area contributed by atoms with Gasteiger partial charge in [-0.1, -0.05) is 52.0 Å². The summed E-state index contributed by atoms with van der Waals surface area (Å²) in [6.07, 6.45) is 7.60. The van der Waals surface area contributed by atoms with Crippen LogP contribution in [0, 0.1) is 5.41 Å². The summed E-state index contributed by atoms with van der Waals surface area (Å²) in [5.74, 6) is 0.393. The van der Waals surface area contributed by atoms with E-state index in [4.69, 9.17) is 9.47 Å². The summed E-state index contributed by atoms with van der Waals surface area (Å²) < 4.78 is 11.4. The number of allylic oxidation sites excluding steroid dienone is 3. The van der Waals surface area contributed by atoms with Gasteiger partial charge in [-0.3, -0.25) is 0 Å². The summed E-state index contributed by atoms with van der Waals surface area (Å²) in [4.78, 5) is 11.7. The molecule has 0 spiro atoms. The minimum Gasteiger partial charge on any atom is -0.493 e. The molecular weight excluding hydrogens is 428 g/mol. The normalized spacial score (nSPS) is 11.9. The van der Waals surface area contributed by atoms with Crippen LogP contribution in [0.3, 0.4) is 0 Å². The zero-order valence-corrected chi connectivity index (χ0v) is 21.6. The van der Waals surface area contributed by atoms with Crippen molar-refractivity contribution in [3.63, 3.8) is 0 Å². The highest BCUT2D eigenvalue weighted by atomic mass is 16.5. The molecule has 0 unspecified atom stereocenters. The van der Waals surface area contributed by atoms with Crippen molar-refractivity contribution in [2.45, 2.75) is 72.6 Å². The molecule has 0 amide bonds. The van der Waals surface area contributed by atoms with Crippen LogP contribution in [0.5, 0.6) is 5.75 Å². The number of unbranched alkanes of at least 4 members (excludes halogenated alkanes) is 1. The number of ether oxygens (including phenoxy) is 2. The van der Waals surface area contributed by atoms with Crippen molar-refractivity contribution < 1.29 is 24.5 Å². The molecule has 0 bridgehead atoms. The Balaban J connectivity index is 3.02. The second-order valence-corrected chi connectivity index (χ2v) is 9.02. The van der Waals surface area contributed by atoms with Crippen LogP contribution in [-0.4, -0.2) is 42.6 Å². The number of rotatable bonds is 17. The molecule has 0 radical (unpaired) electrons. The van der Waals surface area contributed by atoms with E-state index in [1.807, 2.05) is 19.1 Å². The highest BCUT2D eigenvalue weighted by Crippen LogP contribution is 2.32. The highest BCUT2D eigenvalue weighted by Gasteiger charge is 2.28. The molecule has 5 heteroatoms. The lowest BCUT2D eigenvalue weighted by Crippen LogP contribution is -2.32. The fourth-order valence-corrected chi connectivity index (χ4v) is 3.82. The van der Waals surface area contributed by atoms with E-state index in [1.165, 1.54) is 0 Å². The summed E-state index contributed by atoms with van der Waals surface area (Å²) in [5.41, 5.74) is 4.16. The Labute approximate surface area is 206 Å². The number of carbonyl (C=O) groups excluding carboxylic acids is 1. The first kappa shape index (κ1) is 29.7. The second kappa shape index (κ2) is 15.5. The lowest BCUT2D eigenvalue weighted by Gasteiger charge is -2.30. The van der Waals surface area contributed by atoms with Gasteiger partial charge >= 0.3 is 5.97 Å². The van der Waals surface area contributed by atoms with E-state index in [9.17, 15) is 15.0 Å². The molecule has 0 heterocycles. The number of aliphatic hydroxyl groups excluding tert-OH is 2. The van der Waals surface area contributed by atoms with Crippen molar-refractivity contribution in [2.24, 2.45) is 5.41 Å². The van der Waals surface area contributed by atoms with Gasteiger partial charge in [-0.05, 0) is 80.4 Å². The Morgan fingerprint density at radius 2 is 1.79 bits per heavy atom. The topological polar surface area (TPSA) is 76.0 Å². The maximum atomic E-state index is 11.7. The fourth-order valence-electron chi connectivity index (χ4n) is 3.82. The van der Waals surface area contributed by atoms with Crippen molar-refractivity contribution in [3.8, 4) is 5.75 Å². The van der Waals surface area contributed by atoms with E-state index >= 15 is 0 Å². The number of aryl methyl sites for hydroxylation is 1. The fraction of sp³-hybridized carbons (Fsp3) is 0.552. The number of carbonyl (C=O) groups is 1. The van der Waals surface area contributed by atoms with Crippen LogP contribution in [-0.2, 0) is 16.0 Å². The Hall–Kier alpha value is -2.37. The first-order chi connectivity index (χ1) is 16.3. The average molecular weight is 473 g/mol. The molecule has 0 aliphatic rings. The van der Waals surface area contributed by atoms with Crippen molar-refractivity contribution in [1.82, 2.24) is 0 Å². The summed E-state index contributed by atoms with van der Waals surface area (Å²) in [7, 11) is 0. The zero-order valence-electron chi connectivity index (χ0n) is 21.6. The minimum absolute atomic E-state index is 0.0590. The van der Waals surface area contributed by atoms with Gasteiger partial charge in [-0.15, -0.1) is 0 Å². The quantitative estimate of drug-likeness (QED) is 0.125. The first-order valence-corrected chi connectivity index (χ1v) is 12.4. The maximum absolute atomic E-state index is 11.7. The SMILES string of the molecule is C=C(C)C(=O)OCCCc1cc(/C(=C/C)C(=C)CC)ccc1OCCC(CO)(CO)CCCC. The lowest BCUT2D eigenvalue weighted by molar-refractivity contribution is -0.139. The number of hydrogen-bond acceptors (Lipinski definition) is 5. The summed E-state index contributed by atoms with van der Waals surface area (Å²) in [6, 6.07) is 6.13. The van der Waals surface area contributed by atoms with Gasteiger partial charge in [0, 0.05) is 11.0 Å². The molecule has 0 saturated heterocycles. The molecule has 34 heavy (non-hydrogen) atoms. The number of aliphatic hydroxyl groups is 2. The summed E-state index contributed by atoms with van der Waals surface area (Å²) in [6.45, 7) is 16.2. The molecule has 0 aliphatic carbocycles. The molecule has 5 nitrogen and oxygen atoms in total. The van der Waals surface area contributed by atoms with Crippen molar-refractivity contribution in [3.05, 3.63) is 59.7 Å². The third-order valence-corrected chi connectivity index (χ3v) is 6.26. The monoisotopic (exact) mass is 472 g/mol. The highest BCUT2D eigenvalue weighted by molar-refractivity contribution is 5.86. The van der Waals surface area contributed by atoms with E-state index in [-0.39, 0.29) is 19.2 Å². The number of hydrogen-bond donors (Lipinski definition) is 2. The largest absolute Gasteiger partial charge is 0.493 e. The smallest absolute Gasteiger partial charge is 0.333 e. The van der Waals surface area contributed by atoms with Crippen LogP contribution >= 0.6 is 0 Å². The summed E-state index contributed by atoms with van der Waals surface area (Å²) in [5, 5.41) is 19.8. The Kier molecular flexibility index (Phi) is 13.5. The first-order valence-electron chi connectivity index (χ1n) is 12.4. The standard InChI is InChI=1S/C29H44O5/c1-7-10-15-29(20-30,21-31)16-18-33-27-14-13-24(26(9-3)23(6)8-2)19-25(27)12-11-17-34-28(32)22(4)5/h9,13-14,19,30-31H,4,6-8,10-12,15-18,20-21H2,1-3,5H3/b26-9+. The van der Waals surface area contributed by atoms with Crippen molar-refractivity contribution >= 4 is 11.5 Å². The van der Waals surface area contributed by atoms with Crippen LogP contribution in [0.25, 0.3) is 5.57 Å². The van der Waals surface area contributed by atoms with E-state index in [1.54, 1.807) is 6.92 Å². The molecule has 1 rings (SSSR count). The molecule has 1 aromatic rings. The number of esters is 1. The van der Waals surface area contributed by atoms with Crippen LogP contribution in [0.4, 0.5) is 0 Å². The van der Waals surface area contributed by atoms with Gasteiger partial charge in [0.1, 0.15) is 5.75 Å². The zero-order chi connectivity index (χ0) is 25.6. The third-order valence-electron chi connectivity index (χ3n) is 6.26. The van der Waals surface area contributed by atoms with Gasteiger partial charge < -0.3 is 19.7 Å². The van der Waals surface area contributed by atoms with Crippen LogP contribution in [0.2, 0.25) is 0 Å². The number of benzene rings is 1. The molecule has 0 aromatic heterocycles. The molecule has 1 aromatic carbocycles. The Morgan fingerprint density at radius 3 is 2.35 bits per heavy atom. The second-order valence-electron chi connectivity index (χ2n) is 9.02.